The van der Waals surface area contributed by atoms with Gasteiger partial charge < -0.3 is 16.0 Å². The maximum atomic E-state index is 12.1. The molecule has 4 N–H and O–H groups in total. The number of aromatic amines is 1. The van der Waals surface area contributed by atoms with E-state index < -0.39 is 16.8 Å². The number of fused-ring (bicyclic) bond motifs is 1. The molecule has 0 saturated heterocycles. The van der Waals surface area contributed by atoms with E-state index in [0.717, 1.165) is 16.5 Å². The van der Waals surface area contributed by atoms with Crippen molar-refractivity contribution in [1.29, 1.82) is 0 Å². The normalized spacial score (nSPS) is 15.6. The number of hydrogen-bond acceptors (Lipinski definition) is 3. The predicted molar refractivity (Wildman–Crippen MR) is 86.5 cm³/mol. The van der Waals surface area contributed by atoms with Crippen molar-refractivity contribution in [3.8, 4) is 0 Å². The molecule has 1 aromatic carbocycles. The zero-order valence-corrected chi connectivity index (χ0v) is 13.1. The molecule has 0 aliphatic carbocycles. The fraction of sp³-hybridized carbons (Fsp3) is 0.400. The predicted octanol–water partition coefficient (Wildman–Crippen LogP) is 0.921. The summed E-state index contributed by atoms with van der Waals surface area (Å²) in [6.07, 6.45) is 3.98. The first kappa shape index (κ1) is 15.7. The Bertz CT molecular complexity index is 653. The second kappa shape index (κ2) is 6.87. The molecule has 2 aromatic rings. The first-order valence-corrected chi connectivity index (χ1v) is 8.61. The molecule has 0 radical (unpaired) electrons. The lowest BCUT2D eigenvalue weighted by Gasteiger charge is -2.16. The molecule has 2 unspecified atom stereocenters. The van der Waals surface area contributed by atoms with Gasteiger partial charge in [-0.3, -0.25) is 9.00 Å². The van der Waals surface area contributed by atoms with Crippen molar-refractivity contribution < 1.29 is 9.00 Å². The van der Waals surface area contributed by atoms with Crippen molar-refractivity contribution in [2.24, 2.45) is 5.73 Å². The number of carbonyl (C=O) groups is 1. The van der Waals surface area contributed by atoms with Crippen molar-refractivity contribution in [2.75, 3.05) is 12.0 Å². The first-order valence-electron chi connectivity index (χ1n) is 6.88. The van der Waals surface area contributed by atoms with Gasteiger partial charge in [0, 0.05) is 45.9 Å². The lowest BCUT2D eigenvalue weighted by atomic mass is 10.0. The molecule has 1 heterocycles. The lowest BCUT2D eigenvalue weighted by Crippen LogP contribution is -2.46. The van der Waals surface area contributed by atoms with Crippen LogP contribution in [0, 0.1) is 0 Å². The van der Waals surface area contributed by atoms with Gasteiger partial charge in [-0.2, -0.15) is 0 Å². The Hall–Kier alpha value is -1.66. The molecule has 0 aliphatic rings. The van der Waals surface area contributed by atoms with E-state index in [2.05, 4.69) is 10.3 Å². The number of rotatable bonds is 6. The Labute approximate surface area is 126 Å². The molecule has 1 amide bonds. The average Bonchev–Trinajstić information content (AvgIpc) is 2.81. The van der Waals surface area contributed by atoms with E-state index in [9.17, 15) is 9.00 Å². The number of para-hydroxylation sites is 1. The molecule has 114 valence electrons. The quantitative estimate of drug-likeness (QED) is 0.741. The van der Waals surface area contributed by atoms with E-state index in [4.69, 9.17) is 5.73 Å². The van der Waals surface area contributed by atoms with Gasteiger partial charge in [0.1, 0.15) is 0 Å². The fourth-order valence-electron chi connectivity index (χ4n) is 2.37. The van der Waals surface area contributed by atoms with Crippen LogP contribution in [0.2, 0.25) is 0 Å². The Morgan fingerprint density at radius 3 is 2.86 bits per heavy atom. The lowest BCUT2D eigenvalue weighted by molar-refractivity contribution is -0.122. The standard InChI is InChI=1S/C15H21N3O2S/c1-10(9-21(2)20)18-15(19)13(16)7-11-8-17-14-6-4-3-5-12(11)14/h3-6,8,10,13,17H,7,9,16H2,1-2H3,(H,18,19)/t10?,13-,21?/m1/s1. The third-order valence-electron chi connectivity index (χ3n) is 3.32. The van der Waals surface area contributed by atoms with Gasteiger partial charge in [0.05, 0.1) is 6.04 Å². The van der Waals surface area contributed by atoms with Crippen LogP contribution in [0.1, 0.15) is 12.5 Å². The summed E-state index contributed by atoms with van der Waals surface area (Å²) in [6, 6.07) is 7.16. The minimum atomic E-state index is -0.936. The largest absolute Gasteiger partial charge is 0.361 e. The molecule has 5 nitrogen and oxygen atoms in total. The molecule has 2 rings (SSSR count). The minimum Gasteiger partial charge on any atom is -0.361 e. The number of carbonyl (C=O) groups excluding carboxylic acids is 1. The van der Waals surface area contributed by atoms with Gasteiger partial charge in [0.25, 0.3) is 0 Å². The molecule has 0 fully saturated rings. The zero-order chi connectivity index (χ0) is 15.4. The summed E-state index contributed by atoms with van der Waals surface area (Å²) in [5, 5.41) is 3.89. The topological polar surface area (TPSA) is 88.0 Å². The second-order valence-corrected chi connectivity index (χ2v) is 6.80. The summed E-state index contributed by atoms with van der Waals surface area (Å²) in [6.45, 7) is 1.83. The van der Waals surface area contributed by atoms with E-state index in [1.54, 1.807) is 6.26 Å². The highest BCUT2D eigenvalue weighted by molar-refractivity contribution is 7.84. The van der Waals surface area contributed by atoms with Crippen molar-refractivity contribution in [3.05, 3.63) is 36.0 Å². The molecule has 0 aliphatic heterocycles. The Morgan fingerprint density at radius 1 is 1.43 bits per heavy atom. The van der Waals surface area contributed by atoms with Crippen LogP contribution in [0.4, 0.5) is 0 Å². The number of aromatic nitrogens is 1. The van der Waals surface area contributed by atoms with E-state index in [0.29, 0.717) is 12.2 Å². The van der Waals surface area contributed by atoms with Crippen LogP contribution in [-0.4, -0.2) is 39.2 Å². The molecule has 1 aromatic heterocycles. The van der Waals surface area contributed by atoms with Crippen LogP contribution in [0.3, 0.4) is 0 Å². The van der Waals surface area contributed by atoms with Crippen molar-refractivity contribution >= 4 is 27.6 Å². The molecule has 0 bridgehead atoms. The van der Waals surface area contributed by atoms with E-state index in [-0.39, 0.29) is 11.9 Å². The summed E-state index contributed by atoms with van der Waals surface area (Å²) in [5.41, 5.74) is 8.04. The maximum Gasteiger partial charge on any atom is 0.237 e. The van der Waals surface area contributed by atoms with E-state index >= 15 is 0 Å². The van der Waals surface area contributed by atoms with Gasteiger partial charge in [0.15, 0.2) is 0 Å². The Balaban J connectivity index is 1.99. The van der Waals surface area contributed by atoms with Gasteiger partial charge >= 0.3 is 0 Å². The number of amides is 1. The fourth-order valence-corrected chi connectivity index (χ4v) is 3.16. The van der Waals surface area contributed by atoms with Crippen molar-refractivity contribution in [2.45, 2.75) is 25.4 Å². The van der Waals surface area contributed by atoms with Crippen molar-refractivity contribution in [3.63, 3.8) is 0 Å². The molecular weight excluding hydrogens is 286 g/mol. The van der Waals surface area contributed by atoms with Gasteiger partial charge in [-0.05, 0) is 25.0 Å². The molecule has 3 atom stereocenters. The minimum absolute atomic E-state index is 0.141. The van der Waals surface area contributed by atoms with Crippen LogP contribution in [-0.2, 0) is 22.0 Å². The Morgan fingerprint density at radius 2 is 2.14 bits per heavy atom. The number of nitrogens with one attached hydrogen (secondary N) is 2. The smallest absolute Gasteiger partial charge is 0.237 e. The second-order valence-electron chi connectivity index (χ2n) is 5.32. The van der Waals surface area contributed by atoms with Crippen LogP contribution >= 0.6 is 0 Å². The summed E-state index contributed by atoms with van der Waals surface area (Å²) >= 11 is 0. The number of H-pyrrole nitrogens is 1. The van der Waals surface area contributed by atoms with Gasteiger partial charge in [-0.25, -0.2) is 0 Å². The van der Waals surface area contributed by atoms with Gasteiger partial charge in [0.2, 0.25) is 5.91 Å². The maximum absolute atomic E-state index is 12.1. The highest BCUT2D eigenvalue weighted by atomic mass is 32.2. The Kier molecular flexibility index (Phi) is 5.14. The molecular formula is C15H21N3O2S. The van der Waals surface area contributed by atoms with Gasteiger partial charge in [-0.15, -0.1) is 0 Å². The van der Waals surface area contributed by atoms with Crippen LogP contribution < -0.4 is 11.1 Å². The number of hydrogen-bond donors (Lipinski definition) is 3. The number of nitrogens with two attached hydrogens (primary N) is 1. The van der Waals surface area contributed by atoms with E-state index in [1.807, 2.05) is 37.4 Å². The monoisotopic (exact) mass is 307 g/mol. The summed E-state index contributed by atoms with van der Waals surface area (Å²) in [5.74, 6) is 0.226. The summed E-state index contributed by atoms with van der Waals surface area (Å²) < 4.78 is 11.1. The average molecular weight is 307 g/mol. The molecule has 21 heavy (non-hydrogen) atoms. The first-order chi connectivity index (χ1) is 9.97. The molecule has 6 heteroatoms. The number of benzene rings is 1. The molecule has 0 spiro atoms. The highest BCUT2D eigenvalue weighted by Crippen LogP contribution is 2.18. The summed E-state index contributed by atoms with van der Waals surface area (Å²) in [7, 11) is -0.936. The van der Waals surface area contributed by atoms with Gasteiger partial charge in [-0.1, -0.05) is 18.2 Å². The third kappa shape index (κ3) is 4.15. The SMILES string of the molecule is CC(CS(C)=O)NC(=O)[C@H](N)Cc1c[nH]c2ccccc12. The van der Waals surface area contributed by atoms with E-state index in [1.165, 1.54) is 0 Å². The van der Waals surface area contributed by atoms with Crippen LogP contribution in [0.15, 0.2) is 30.5 Å². The zero-order valence-electron chi connectivity index (χ0n) is 12.3. The van der Waals surface area contributed by atoms with Crippen molar-refractivity contribution in [1.82, 2.24) is 10.3 Å². The third-order valence-corrected chi connectivity index (χ3v) is 4.29. The molecule has 0 saturated carbocycles. The highest BCUT2D eigenvalue weighted by Gasteiger charge is 2.18. The summed E-state index contributed by atoms with van der Waals surface area (Å²) in [4.78, 5) is 15.2. The van der Waals surface area contributed by atoms with Crippen LogP contribution in [0.25, 0.3) is 10.9 Å². The van der Waals surface area contributed by atoms with Crippen LogP contribution in [0.5, 0.6) is 0 Å².